The Morgan fingerprint density at radius 2 is 2.29 bits per heavy atom. The molecule has 78 valence electrons. The number of carbonyl (C=O) groups excluding carboxylic acids is 1. The zero-order valence-corrected chi connectivity index (χ0v) is 8.53. The smallest absolute Gasteiger partial charge is 0.314 e. The Kier molecular flexibility index (Phi) is 1.56. The van der Waals surface area contributed by atoms with Crippen LogP contribution in [0.1, 0.15) is 26.2 Å². The van der Waals surface area contributed by atoms with E-state index < -0.39 is 0 Å². The summed E-state index contributed by atoms with van der Waals surface area (Å²) in [5.74, 6) is 1.70. The highest BCUT2D eigenvalue weighted by atomic mass is 16.5. The van der Waals surface area contributed by atoms with Gasteiger partial charge >= 0.3 is 5.97 Å². The summed E-state index contributed by atoms with van der Waals surface area (Å²) in [6, 6.07) is 0.0882. The summed E-state index contributed by atoms with van der Waals surface area (Å²) in [6.07, 6.45) is 3.59. The van der Waals surface area contributed by atoms with Crippen molar-refractivity contribution in [3.8, 4) is 0 Å². The second-order valence-electron chi connectivity index (χ2n) is 4.97. The minimum absolute atomic E-state index is 0.00954. The lowest BCUT2D eigenvalue weighted by atomic mass is 9.77. The summed E-state index contributed by atoms with van der Waals surface area (Å²) < 4.78 is 5.17. The summed E-state index contributed by atoms with van der Waals surface area (Å²) in [5.41, 5.74) is 5.93. The van der Waals surface area contributed by atoms with Crippen molar-refractivity contribution in [3.05, 3.63) is 0 Å². The van der Waals surface area contributed by atoms with Gasteiger partial charge in [-0.2, -0.15) is 0 Å². The Morgan fingerprint density at radius 1 is 1.50 bits per heavy atom. The summed E-state index contributed by atoms with van der Waals surface area (Å²) in [4.78, 5) is 11.9. The van der Waals surface area contributed by atoms with Crippen molar-refractivity contribution in [1.29, 1.82) is 0 Å². The van der Waals surface area contributed by atoms with Gasteiger partial charge < -0.3 is 10.5 Å². The molecule has 0 spiro atoms. The average Bonchev–Trinajstić information content (AvgIpc) is 2.79. The topological polar surface area (TPSA) is 52.3 Å². The van der Waals surface area contributed by atoms with Gasteiger partial charge in [0.05, 0.1) is 12.0 Å². The zero-order chi connectivity index (χ0) is 9.92. The Hall–Kier alpha value is -0.570. The molecule has 0 aromatic carbocycles. The molecule has 3 heteroatoms. The van der Waals surface area contributed by atoms with Gasteiger partial charge in [0.15, 0.2) is 0 Å². The van der Waals surface area contributed by atoms with Gasteiger partial charge in [-0.25, -0.2) is 0 Å². The van der Waals surface area contributed by atoms with Crippen molar-refractivity contribution in [1.82, 2.24) is 0 Å². The van der Waals surface area contributed by atoms with Crippen LogP contribution in [-0.2, 0) is 9.53 Å². The van der Waals surface area contributed by atoms with Gasteiger partial charge in [-0.05, 0) is 43.9 Å². The van der Waals surface area contributed by atoms with E-state index in [2.05, 4.69) is 0 Å². The third-order valence-corrected chi connectivity index (χ3v) is 4.70. The molecule has 0 heterocycles. The van der Waals surface area contributed by atoms with Crippen LogP contribution in [0.3, 0.4) is 0 Å². The van der Waals surface area contributed by atoms with E-state index >= 15 is 0 Å². The van der Waals surface area contributed by atoms with Crippen molar-refractivity contribution in [2.24, 2.45) is 28.9 Å². The molecule has 4 bridgehead atoms. The lowest BCUT2D eigenvalue weighted by Gasteiger charge is -2.31. The SMILES string of the molecule is CCOC(=O)C12C(N)C3CCC1C2C3. The minimum Gasteiger partial charge on any atom is -0.466 e. The second kappa shape index (κ2) is 2.51. The van der Waals surface area contributed by atoms with Crippen LogP contribution in [0.15, 0.2) is 0 Å². The summed E-state index contributed by atoms with van der Waals surface area (Å²) in [5, 5.41) is 0. The molecule has 0 radical (unpaired) electrons. The van der Waals surface area contributed by atoms with Crippen molar-refractivity contribution >= 4 is 5.97 Å². The van der Waals surface area contributed by atoms with Gasteiger partial charge in [0, 0.05) is 6.04 Å². The van der Waals surface area contributed by atoms with Crippen LogP contribution in [0.25, 0.3) is 0 Å². The van der Waals surface area contributed by atoms with Crippen LogP contribution in [0.4, 0.5) is 0 Å². The van der Waals surface area contributed by atoms with Crippen LogP contribution in [0, 0.1) is 23.2 Å². The largest absolute Gasteiger partial charge is 0.466 e. The Morgan fingerprint density at radius 3 is 2.79 bits per heavy atom. The lowest BCUT2D eigenvalue weighted by Crippen LogP contribution is -2.45. The average molecular weight is 195 g/mol. The van der Waals surface area contributed by atoms with Crippen molar-refractivity contribution in [2.75, 3.05) is 6.61 Å². The van der Waals surface area contributed by atoms with Gasteiger partial charge in [0.2, 0.25) is 0 Å². The third kappa shape index (κ3) is 0.724. The van der Waals surface area contributed by atoms with E-state index in [1.54, 1.807) is 0 Å². The molecule has 0 amide bonds. The number of carbonyl (C=O) groups is 1. The van der Waals surface area contributed by atoms with Crippen LogP contribution < -0.4 is 5.73 Å². The molecular weight excluding hydrogens is 178 g/mol. The van der Waals surface area contributed by atoms with Crippen LogP contribution in [0.5, 0.6) is 0 Å². The Labute approximate surface area is 84.0 Å². The predicted octanol–water partition coefficient (Wildman–Crippen LogP) is 0.923. The fraction of sp³-hybridized carbons (Fsp3) is 0.909. The Bertz CT molecular complexity index is 285. The molecule has 3 nitrogen and oxygen atoms in total. The lowest BCUT2D eigenvalue weighted by molar-refractivity contribution is -0.152. The highest BCUT2D eigenvalue weighted by Crippen LogP contribution is 2.75. The van der Waals surface area contributed by atoms with Gasteiger partial charge in [-0.15, -0.1) is 0 Å². The number of ether oxygens (including phenoxy) is 1. The highest BCUT2D eigenvalue weighted by molar-refractivity contribution is 5.84. The number of nitrogens with two attached hydrogens (primary N) is 1. The summed E-state index contributed by atoms with van der Waals surface area (Å²) in [7, 11) is 0. The maximum absolute atomic E-state index is 11.9. The van der Waals surface area contributed by atoms with Gasteiger partial charge in [0.25, 0.3) is 0 Å². The fourth-order valence-electron chi connectivity index (χ4n) is 4.11. The molecule has 4 rings (SSSR count). The monoisotopic (exact) mass is 195 g/mol. The second-order valence-corrected chi connectivity index (χ2v) is 4.97. The standard InChI is InChI=1S/C11H17NO2/c1-2-14-10(13)11-7-4-3-6(9(11)12)5-8(7)11/h6-9H,2-5,12H2,1H3. The summed E-state index contributed by atoms with van der Waals surface area (Å²) in [6.45, 7) is 2.35. The maximum Gasteiger partial charge on any atom is 0.314 e. The molecule has 5 unspecified atom stereocenters. The van der Waals surface area contributed by atoms with E-state index in [-0.39, 0.29) is 17.4 Å². The van der Waals surface area contributed by atoms with E-state index in [1.807, 2.05) is 6.92 Å². The number of hydrogen-bond donors (Lipinski definition) is 1. The zero-order valence-electron chi connectivity index (χ0n) is 8.53. The van der Waals surface area contributed by atoms with Crippen LogP contribution in [-0.4, -0.2) is 18.6 Å². The fourth-order valence-corrected chi connectivity index (χ4v) is 4.11. The van der Waals surface area contributed by atoms with E-state index in [0.29, 0.717) is 24.4 Å². The number of fused-ring (bicyclic) bond motifs is 1. The molecular formula is C11H17NO2. The quantitative estimate of drug-likeness (QED) is 0.667. The first kappa shape index (κ1) is 8.72. The molecule has 0 aromatic heterocycles. The van der Waals surface area contributed by atoms with E-state index in [1.165, 1.54) is 19.3 Å². The number of rotatable bonds is 2. The van der Waals surface area contributed by atoms with E-state index in [4.69, 9.17) is 10.5 Å². The first-order chi connectivity index (χ1) is 6.72. The van der Waals surface area contributed by atoms with Crippen molar-refractivity contribution in [3.63, 3.8) is 0 Å². The molecule has 4 fully saturated rings. The Balaban J connectivity index is 1.88. The molecule has 0 aromatic rings. The minimum atomic E-state index is -0.237. The molecule has 5 atom stereocenters. The van der Waals surface area contributed by atoms with Crippen LogP contribution >= 0.6 is 0 Å². The molecule has 4 aliphatic carbocycles. The number of hydrogen-bond acceptors (Lipinski definition) is 3. The molecule has 4 aliphatic rings. The van der Waals surface area contributed by atoms with Gasteiger partial charge in [0.1, 0.15) is 0 Å². The predicted molar refractivity (Wildman–Crippen MR) is 51.4 cm³/mol. The third-order valence-electron chi connectivity index (χ3n) is 4.70. The highest BCUT2D eigenvalue weighted by Gasteiger charge is 2.79. The van der Waals surface area contributed by atoms with Crippen LogP contribution in [0.2, 0.25) is 0 Å². The summed E-state index contributed by atoms with van der Waals surface area (Å²) >= 11 is 0. The molecule has 0 saturated heterocycles. The number of esters is 1. The molecule has 4 saturated carbocycles. The first-order valence-corrected chi connectivity index (χ1v) is 5.65. The molecule has 2 N–H and O–H groups in total. The normalized spacial score (nSPS) is 53.0. The molecule has 0 aliphatic heterocycles. The van der Waals surface area contributed by atoms with Crippen molar-refractivity contribution in [2.45, 2.75) is 32.2 Å². The maximum atomic E-state index is 11.9. The van der Waals surface area contributed by atoms with Gasteiger partial charge in [-0.3, -0.25) is 4.79 Å². The van der Waals surface area contributed by atoms with E-state index in [9.17, 15) is 4.79 Å². The molecule has 14 heavy (non-hydrogen) atoms. The van der Waals surface area contributed by atoms with Crippen molar-refractivity contribution < 1.29 is 9.53 Å². The van der Waals surface area contributed by atoms with E-state index in [0.717, 1.165) is 0 Å². The van der Waals surface area contributed by atoms with Gasteiger partial charge in [-0.1, -0.05) is 0 Å². The first-order valence-electron chi connectivity index (χ1n) is 5.65.